The normalized spacial score (nSPS) is 14.3. The van der Waals surface area contributed by atoms with Crippen LogP contribution >= 0.6 is 23.1 Å². The maximum atomic E-state index is 13.5. The summed E-state index contributed by atoms with van der Waals surface area (Å²) in [4.78, 5) is 11.8. The Morgan fingerprint density at radius 3 is 2.55 bits per heavy atom. The van der Waals surface area contributed by atoms with E-state index in [0.29, 0.717) is 4.88 Å². The van der Waals surface area contributed by atoms with E-state index in [4.69, 9.17) is 0 Å². The number of aromatic nitrogens is 2. The summed E-state index contributed by atoms with van der Waals surface area (Å²) < 4.78 is 40.6. The van der Waals surface area contributed by atoms with Crippen molar-refractivity contribution in [2.75, 3.05) is 18.6 Å². The molecule has 0 atom stereocenters. The van der Waals surface area contributed by atoms with E-state index >= 15 is 0 Å². The molecule has 29 heavy (non-hydrogen) atoms. The Morgan fingerprint density at radius 1 is 1.17 bits per heavy atom. The maximum absolute atomic E-state index is 13.5. The van der Waals surface area contributed by atoms with Crippen LogP contribution in [0.15, 0.2) is 34.7 Å². The summed E-state index contributed by atoms with van der Waals surface area (Å²) in [5.41, 5.74) is 3.36. The molecule has 1 aliphatic heterocycles. The second-order valence-electron chi connectivity index (χ2n) is 7.04. The molecule has 3 heterocycles. The van der Waals surface area contributed by atoms with Gasteiger partial charge in [-0.05, 0) is 49.1 Å². The molecule has 0 unspecified atom stereocenters. The summed E-state index contributed by atoms with van der Waals surface area (Å²) in [6.07, 6.45) is -1.78. The summed E-state index contributed by atoms with van der Waals surface area (Å²) in [6.45, 7) is 3.71. The van der Waals surface area contributed by atoms with Crippen LogP contribution in [0.25, 0.3) is 10.6 Å². The van der Waals surface area contributed by atoms with Crippen molar-refractivity contribution >= 4 is 34.7 Å². The van der Waals surface area contributed by atoms with Gasteiger partial charge in [0.1, 0.15) is 5.56 Å². The Kier molecular flexibility index (Phi) is 5.30. The largest absolute Gasteiger partial charge is 0.420 e. The summed E-state index contributed by atoms with van der Waals surface area (Å²) in [5, 5.41) is 4.95. The molecule has 0 spiro atoms. The lowest BCUT2D eigenvalue weighted by Crippen LogP contribution is -2.11. The number of anilines is 2. The molecule has 4 nitrogen and oxygen atoms in total. The highest BCUT2D eigenvalue weighted by molar-refractivity contribution is 7.98. The quantitative estimate of drug-likeness (QED) is 0.513. The number of fused-ring (bicyclic) bond motifs is 1. The van der Waals surface area contributed by atoms with E-state index in [1.807, 2.05) is 24.6 Å². The molecule has 152 valence electrons. The van der Waals surface area contributed by atoms with E-state index in [1.54, 1.807) is 6.07 Å². The molecular formula is C20H19F3N4S2. The highest BCUT2D eigenvalue weighted by Gasteiger charge is 2.36. The monoisotopic (exact) mass is 436 g/mol. The number of halogens is 3. The van der Waals surface area contributed by atoms with Gasteiger partial charge in [0.2, 0.25) is 5.95 Å². The van der Waals surface area contributed by atoms with Crippen LogP contribution in [-0.2, 0) is 19.3 Å². The lowest BCUT2D eigenvalue weighted by Gasteiger charge is -2.14. The Bertz CT molecular complexity index is 1060. The van der Waals surface area contributed by atoms with Crippen molar-refractivity contribution in [3.63, 3.8) is 0 Å². The highest BCUT2D eigenvalue weighted by Crippen LogP contribution is 2.40. The number of benzene rings is 1. The summed E-state index contributed by atoms with van der Waals surface area (Å²) >= 11 is 2.73. The van der Waals surface area contributed by atoms with E-state index in [2.05, 4.69) is 33.3 Å². The Morgan fingerprint density at radius 2 is 1.90 bits per heavy atom. The average Bonchev–Trinajstić information content (AvgIpc) is 3.26. The van der Waals surface area contributed by atoms with Gasteiger partial charge in [0.15, 0.2) is 0 Å². The molecule has 0 aliphatic carbocycles. The summed E-state index contributed by atoms with van der Waals surface area (Å²) in [5.74, 6) is 0.154. The standard InChI is InChI=1S/C20H19F3N4S2/c1-11-4-12-8-27(2)9-13(12)5-16(11)25-19-24-7-15(20(21,22)23)18(26-19)17-6-14(28-3)10-29-17/h4-7,10H,8-9H2,1-3H3,(H,24,25,26). The Balaban J connectivity index is 1.72. The molecule has 4 rings (SSSR count). The van der Waals surface area contributed by atoms with Crippen molar-refractivity contribution in [3.8, 4) is 10.6 Å². The molecule has 0 amide bonds. The predicted octanol–water partition coefficient (Wildman–Crippen LogP) is 5.94. The van der Waals surface area contributed by atoms with Crippen LogP contribution < -0.4 is 5.32 Å². The second kappa shape index (κ2) is 7.62. The van der Waals surface area contributed by atoms with Gasteiger partial charge in [0, 0.05) is 35.2 Å². The van der Waals surface area contributed by atoms with Crippen molar-refractivity contribution in [1.29, 1.82) is 0 Å². The van der Waals surface area contributed by atoms with Gasteiger partial charge in [-0.1, -0.05) is 6.07 Å². The molecule has 0 fully saturated rings. The highest BCUT2D eigenvalue weighted by atomic mass is 32.2. The van der Waals surface area contributed by atoms with Gasteiger partial charge in [-0.2, -0.15) is 13.2 Å². The smallest absolute Gasteiger partial charge is 0.324 e. The number of nitrogens with one attached hydrogen (secondary N) is 1. The molecule has 1 aliphatic rings. The van der Waals surface area contributed by atoms with E-state index < -0.39 is 11.7 Å². The molecular weight excluding hydrogens is 417 g/mol. The number of nitrogens with zero attached hydrogens (tertiary/aromatic N) is 3. The van der Waals surface area contributed by atoms with Crippen LogP contribution in [0.4, 0.5) is 24.8 Å². The Labute approximate surface area is 175 Å². The molecule has 3 aromatic rings. The molecule has 0 bridgehead atoms. The maximum Gasteiger partial charge on any atom is 0.420 e. The lowest BCUT2D eigenvalue weighted by molar-refractivity contribution is -0.137. The number of hydrogen-bond acceptors (Lipinski definition) is 6. The zero-order valence-electron chi connectivity index (χ0n) is 16.1. The van der Waals surface area contributed by atoms with Gasteiger partial charge in [0.25, 0.3) is 0 Å². The fourth-order valence-electron chi connectivity index (χ4n) is 3.39. The first-order chi connectivity index (χ1) is 13.7. The van der Waals surface area contributed by atoms with Gasteiger partial charge >= 0.3 is 6.18 Å². The molecule has 0 radical (unpaired) electrons. The molecule has 0 saturated carbocycles. The first-order valence-electron chi connectivity index (χ1n) is 8.89. The summed E-state index contributed by atoms with van der Waals surface area (Å²) in [6, 6.07) is 5.87. The van der Waals surface area contributed by atoms with Gasteiger partial charge < -0.3 is 5.32 Å². The van der Waals surface area contributed by atoms with Gasteiger partial charge in [0.05, 0.1) is 10.6 Å². The van der Waals surface area contributed by atoms with Crippen LogP contribution in [0.5, 0.6) is 0 Å². The van der Waals surface area contributed by atoms with Crippen LogP contribution in [0, 0.1) is 6.92 Å². The number of hydrogen-bond donors (Lipinski definition) is 1. The number of thiophene rings is 1. The van der Waals surface area contributed by atoms with E-state index in [-0.39, 0.29) is 11.6 Å². The number of rotatable bonds is 4. The first-order valence-corrected chi connectivity index (χ1v) is 11.0. The topological polar surface area (TPSA) is 41.1 Å². The van der Waals surface area contributed by atoms with Crippen LogP contribution in [0.1, 0.15) is 22.3 Å². The fraction of sp³-hybridized carbons (Fsp3) is 0.300. The first kappa shape index (κ1) is 20.2. The lowest BCUT2D eigenvalue weighted by atomic mass is 10.1. The van der Waals surface area contributed by atoms with Crippen LogP contribution in [0.2, 0.25) is 0 Å². The Hall–Kier alpha value is -2.10. The van der Waals surface area contributed by atoms with Crippen molar-refractivity contribution in [2.24, 2.45) is 0 Å². The minimum Gasteiger partial charge on any atom is -0.324 e. The SMILES string of the molecule is CSc1csc(-c2nc(Nc3cc4c(cc3C)CN(C)C4)ncc2C(F)(F)F)c1. The van der Waals surface area contributed by atoms with Crippen LogP contribution in [-0.4, -0.2) is 28.2 Å². The molecule has 0 saturated heterocycles. The zero-order valence-corrected chi connectivity index (χ0v) is 17.7. The second-order valence-corrected chi connectivity index (χ2v) is 8.83. The fourth-order valence-corrected chi connectivity index (χ4v) is 5.00. The molecule has 1 aromatic carbocycles. The molecule has 2 aromatic heterocycles. The average molecular weight is 437 g/mol. The minimum atomic E-state index is -4.52. The third-order valence-corrected chi connectivity index (χ3v) is 6.61. The number of thioether (sulfide) groups is 1. The number of aryl methyl sites for hydroxylation is 1. The zero-order chi connectivity index (χ0) is 20.8. The summed E-state index contributed by atoms with van der Waals surface area (Å²) in [7, 11) is 2.05. The van der Waals surface area contributed by atoms with Crippen molar-refractivity contribution in [3.05, 3.63) is 52.0 Å². The van der Waals surface area contributed by atoms with Gasteiger partial charge in [-0.25, -0.2) is 9.97 Å². The van der Waals surface area contributed by atoms with Crippen molar-refractivity contribution < 1.29 is 13.2 Å². The van der Waals surface area contributed by atoms with E-state index in [9.17, 15) is 13.2 Å². The van der Waals surface area contributed by atoms with Crippen molar-refractivity contribution in [2.45, 2.75) is 31.1 Å². The minimum absolute atomic E-state index is 0.0983. The molecule has 9 heteroatoms. The number of alkyl halides is 3. The van der Waals surface area contributed by atoms with E-state index in [1.165, 1.54) is 34.2 Å². The van der Waals surface area contributed by atoms with Crippen LogP contribution in [0.3, 0.4) is 0 Å². The van der Waals surface area contributed by atoms with E-state index in [0.717, 1.165) is 35.4 Å². The van der Waals surface area contributed by atoms with Gasteiger partial charge in [-0.15, -0.1) is 23.1 Å². The third kappa shape index (κ3) is 4.12. The predicted molar refractivity (Wildman–Crippen MR) is 112 cm³/mol. The third-order valence-electron chi connectivity index (χ3n) is 4.81. The van der Waals surface area contributed by atoms with Gasteiger partial charge in [-0.3, -0.25) is 4.90 Å². The van der Waals surface area contributed by atoms with Crippen molar-refractivity contribution in [1.82, 2.24) is 14.9 Å². The molecule has 1 N–H and O–H groups in total.